The Labute approximate surface area is 109 Å². The average molecular weight is 249 g/mol. The van der Waals surface area contributed by atoms with E-state index in [0.29, 0.717) is 6.04 Å². The maximum absolute atomic E-state index is 9.59. The van der Waals surface area contributed by atoms with Gasteiger partial charge in [0, 0.05) is 18.2 Å². The third-order valence-corrected chi connectivity index (χ3v) is 4.05. The molecule has 18 heavy (non-hydrogen) atoms. The Morgan fingerprint density at radius 2 is 1.89 bits per heavy atom. The molecule has 100 valence electrons. The maximum Gasteiger partial charge on any atom is 0.119 e. The second-order valence-electron chi connectivity index (χ2n) is 5.25. The fraction of sp³-hybridized carbons (Fsp3) is 0.600. The van der Waals surface area contributed by atoms with Crippen molar-refractivity contribution in [3.05, 3.63) is 23.8 Å². The lowest BCUT2D eigenvalue weighted by atomic mass is 9.95. The summed E-state index contributed by atoms with van der Waals surface area (Å²) in [6.45, 7) is 5.49. The van der Waals surface area contributed by atoms with Gasteiger partial charge >= 0.3 is 0 Å². The minimum atomic E-state index is 0.141. The van der Waals surface area contributed by atoms with E-state index in [2.05, 4.69) is 18.7 Å². The third kappa shape index (κ3) is 2.78. The van der Waals surface area contributed by atoms with Crippen LogP contribution in [0, 0.1) is 0 Å². The summed E-state index contributed by atoms with van der Waals surface area (Å²) in [4.78, 5) is 2.50. The number of likely N-dealkylation sites (tertiary alicyclic amines) is 1. The Morgan fingerprint density at radius 1 is 1.22 bits per heavy atom. The SMILES string of the molecule is CCC1CCCCN1C(C)c1cc(O)cc(O)c1. The molecule has 1 aromatic carbocycles. The van der Waals surface area contributed by atoms with E-state index < -0.39 is 0 Å². The first-order valence-corrected chi connectivity index (χ1v) is 6.90. The van der Waals surface area contributed by atoms with Gasteiger partial charge in [-0.15, -0.1) is 0 Å². The van der Waals surface area contributed by atoms with Crippen LogP contribution in [0.3, 0.4) is 0 Å². The fourth-order valence-corrected chi connectivity index (χ4v) is 3.02. The molecule has 3 nitrogen and oxygen atoms in total. The van der Waals surface area contributed by atoms with Crippen LogP contribution in [0.5, 0.6) is 11.5 Å². The number of rotatable bonds is 3. The zero-order chi connectivity index (χ0) is 13.1. The Morgan fingerprint density at radius 3 is 2.50 bits per heavy atom. The molecule has 0 aromatic heterocycles. The summed E-state index contributed by atoms with van der Waals surface area (Å²) in [5, 5.41) is 19.2. The molecule has 0 saturated carbocycles. The Kier molecular flexibility index (Phi) is 4.12. The van der Waals surface area contributed by atoms with Gasteiger partial charge in [0.1, 0.15) is 11.5 Å². The molecular weight excluding hydrogens is 226 g/mol. The van der Waals surface area contributed by atoms with E-state index in [0.717, 1.165) is 18.5 Å². The average Bonchev–Trinajstić information content (AvgIpc) is 2.36. The van der Waals surface area contributed by atoms with Crippen LogP contribution in [0.2, 0.25) is 0 Å². The molecule has 0 spiro atoms. The van der Waals surface area contributed by atoms with Crippen molar-refractivity contribution in [2.45, 2.75) is 51.6 Å². The predicted octanol–water partition coefficient (Wildman–Crippen LogP) is 3.42. The van der Waals surface area contributed by atoms with E-state index in [1.807, 2.05) is 0 Å². The van der Waals surface area contributed by atoms with Crippen molar-refractivity contribution in [1.82, 2.24) is 4.90 Å². The lowest BCUT2D eigenvalue weighted by molar-refractivity contribution is 0.0999. The molecule has 2 N–H and O–H groups in total. The van der Waals surface area contributed by atoms with Crippen LogP contribution in [0.25, 0.3) is 0 Å². The normalized spacial score (nSPS) is 22.9. The summed E-state index contributed by atoms with van der Waals surface area (Å²) < 4.78 is 0. The van der Waals surface area contributed by atoms with Crippen molar-refractivity contribution in [3.8, 4) is 11.5 Å². The van der Waals surface area contributed by atoms with Gasteiger partial charge in [0.15, 0.2) is 0 Å². The minimum Gasteiger partial charge on any atom is -0.508 e. The summed E-state index contributed by atoms with van der Waals surface area (Å²) in [5.74, 6) is 0.281. The number of benzene rings is 1. The summed E-state index contributed by atoms with van der Waals surface area (Å²) in [5.41, 5.74) is 0.993. The van der Waals surface area contributed by atoms with Gasteiger partial charge in [0.05, 0.1) is 0 Å². The van der Waals surface area contributed by atoms with Crippen LogP contribution >= 0.6 is 0 Å². The minimum absolute atomic E-state index is 0.141. The van der Waals surface area contributed by atoms with E-state index in [1.54, 1.807) is 12.1 Å². The summed E-state index contributed by atoms with van der Waals surface area (Å²) >= 11 is 0. The topological polar surface area (TPSA) is 43.7 Å². The fourth-order valence-electron chi connectivity index (χ4n) is 3.02. The number of nitrogens with zero attached hydrogens (tertiary/aromatic N) is 1. The van der Waals surface area contributed by atoms with Crippen LogP contribution in [-0.2, 0) is 0 Å². The van der Waals surface area contributed by atoms with Crippen LogP contribution in [-0.4, -0.2) is 27.7 Å². The van der Waals surface area contributed by atoms with Gasteiger partial charge in [-0.25, -0.2) is 0 Å². The molecule has 0 radical (unpaired) electrons. The molecule has 0 amide bonds. The van der Waals surface area contributed by atoms with Gasteiger partial charge in [-0.05, 0) is 50.4 Å². The van der Waals surface area contributed by atoms with E-state index in [9.17, 15) is 10.2 Å². The predicted molar refractivity (Wildman–Crippen MR) is 72.8 cm³/mol. The second kappa shape index (κ2) is 5.61. The second-order valence-corrected chi connectivity index (χ2v) is 5.25. The molecule has 1 aliphatic heterocycles. The lowest BCUT2D eigenvalue weighted by Crippen LogP contribution is -2.40. The van der Waals surface area contributed by atoms with Crippen LogP contribution in [0.4, 0.5) is 0 Å². The first-order valence-electron chi connectivity index (χ1n) is 6.90. The number of phenols is 2. The highest BCUT2D eigenvalue weighted by Crippen LogP contribution is 2.32. The molecule has 2 rings (SSSR count). The molecule has 1 aromatic rings. The molecule has 2 unspecified atom stereocenters. The molecule has 0 aliphatic carbocycles. The van der Waals surface area contributed by atoms with E-state index in [4.69, 9.17) is 0 Å². The van der Waals surface area contributed by atoms with Crippen molar-refractivity contribution >= 4 is 0 Å². The summed E-state index contributed by atoms with van der Waals surface area (Å²) in [7, 11) is 0. The van der Waals surface area contributed by atoms with Crippen molar-refractivity contribution in [2.24, 2.45) is 0 Å². The van der Waals surface area contributed by atoms with Crippen molar-refractivity contribution < 1.29 is 10.2 Å². The number of phenolic OH excluding ortho intramolecular Hbond substituents is 2. The van der Waals surface area contributed by atoms with Gasteiger partial charge < -0.3 is 10.2 Å². The number of aromatic hydroxyl groups is 2. The van der Waals surface area contributed by atoms with Crippen molar-refractivity contribution in [3.63, 3.8) is 0 Å². The number of hydrogen-bond donors (Lipinski definition) is 2. The molecular formula is C15H23NO2. The van der Waals surface area contributed by atoms with Crippen molar-refractivity contribution in [1.29, 1.82) is 0 Å². The molecule has 1 heterocycles. The Hall–Kier alpha value is -1.22. The largest absolute Gasteiger partial charge is 0.508 e. The molecule has 1 fully saturated rings. The molecule has 1 aliphatic rings. The summed E-state index contributed by atoms with van der Waals surface area (Å²) in [6, 6.07) is 5.76. The van der Waals surface area contributed by atoms with E-state index in [-0.39, 0.29) is 17.5 Å². The molecule has 3 heteroatoms. The Bertz CT molecular complexity index is 385. The molecule has 1 saturated heterocycles. The highest BCUT2D eigenvalue weighted by molar-refractivity contribution is 5.38. The quantitative estimate of drug-likeness (QED) is 0.862. The van der Waals surface area contributed by atoms with Gasteiger partial charge in [-0.2, -0.15) is 0 Å². The molecule has 0 bridgehead atoms. The van der Waals surface area contributed by atoms with E-state index in [1.165, 1.54) is 25.3 Å². The monoisotopic (exact) mass is 249 g/mol. The smallest absolute Gasteiger partial charge is 0.119 e. The first kappa shape index (κ1) is 13.2. The zero-order valence-corrected chi connectivity index (χ0v) is 11.3. The first-order chi connectivity index (χ1) is 8.61. The maximum atomic E-state index is 9.59. The van der Waals surface area contributed by atoms with Gasteiger partial charge in [0.2, 0.25) is 0 Å². The highest BCUT2D eigenvalue weighted by atomic mass is 16.3. The Balaban J connectivity index is 2.20. The lowest BCUT2D eigenvalue weighted by Gasteiger charge is -2.39. The number of hydrogen-bond acceptors (Lipinski definition) is 3. The van der Waals surface area contributed by atoms with Gasteiger partial charge in [-0.3, -0.25) is 4.90 Å². The van der Waals surface area contributed by atoms with Gasteiger partial charge in [-0.1, -0.05) is 13.3 Å². The van der Waals surface area contributed by atoms with Crippen molar-refractivity contribution in [2.75, 3.05) is 6.54 Å². The summed E-state index contributed by atoms with van der Waals surface area (Å²) in [6.07, 6.45) is 4.97. The number of piperidine rings is 1. The zero-order valence-electron chi connectivity index (χ0n) is 11.3. The highest BCUT2D eigenvalue weighted by Gasteiger charge is 2.26. The third-order valence-electron chi connectivity index (χ3n) is 4.05. The van der Waals surface area contributed by atoms with Crippen LogP contribution in [0.15, 0.2) is 18.2 Å². The molecule has 2 atom stereocenters. The van der Waals surface area contributed by atoms with Gasteiger partial charge in [0.25, 0.3) is 0 Å². The van der Waals surface area contributed by atoms with Crippen LogP contribution in [0.1, 0.15) is 51.1 Å². The van der Waals surface area contributed by atoms with Crippen LogP contribution < -0.4 is 0 Å². The van der Waals surface area contributed by atoms with E-state index >= 15 is 0 Å². The standard InChI is InChI=1S/C15H23NO2/c1-3-13-6-4-5-7-16(13)11(2)12-8-14(17)10-15(18)9-12/h8-11,13,17-18H,3-7H2,1-2H3.